The van der Waals surface area contributed by atoms with E-state index in [1.807, 2.05) is 0 Å². The van der Waals surface area contributed by atoms with E-state index < -0.39 is 12.2 Å². The lowest BCUT2D eigenvalue weighted by Crippen LogP contribution is -2.43. The maximum absolute atomic E-state index is 12.4. The Labute approximate surface area is 133 Å². The van der Waals surface area contributed by atoms with Crippen molar-refractivity contribution < 1.29 is 23.0 Å². The van der Waals surface area contributed by atoms with Crippen LogP contribution in [-0.4, -0.2) is 37.1 Å². The van der Waals surface area contributed by atoms with Gasteiger partial charge >= 0.3 is 6.61 Å². The lowest BCUT2D eigenvalue weighted by molar-refractivity contribution is -0.132. The number of rotatable bonds is 6. The van der Waals surface area contributed by atoms with Crippen LogP contribution in [0.2, 0.25) is 0 Å². The Morgan fingerprint density at radius 3 is 2.55 bits per heavy atom. The smallest absolute Gasteiger partial charge is 0.387 e. The highest BCUT2D eigenvalue weighted by atomic mass is 35.5. The first kappa shape index (κ1) is 18.4. The van der Waals surface area contributed by atoms with Crippen molar-refractivity contribution in [3.63, 3.8) is 0 Å². The van der Waals surface area contributed by atoms with Crippen LogP contribution in [0.25, 0.3) is 0 Å². The molecular weight excluding hydrogens is 318 g/mol. The fraction of sp³-hybridized carbons (Fsp3) is 0.500. The molecule has 1 aromatic carbocycles. The van der Waals surface area contributed by atoms with E-state index in [1.54, 1.807) is 13.1 Å². The summed E-state index contributed by atoms with van der Waals surface area (Å²) in [5.41, 5.74) is 5.76. The maximum atomic E-state index is 12.4. The van der Waals surface area contributed by atoms with Crippen molar-refractivity contribution >= 4 is 18.3 Å². The first-order valence-corrected chi connectivity index (χ1v) is 6.52. The largest absolute Gasteiger partial charge is 0.493 e. The Hall–Kier alpha value is -1.60. The number of nitrogens with zero attached hydrogens (tertiary/aromatic N) is 1. The number of carbonyl (C=O) groups is 1. The minimum absolute atomic E-state index is 0. The Morgan fingerprint density at radius 1 is 1.41 bits per heavy atom. The second-order valence-electron chi connectivity index (χ2n) is 5.18. The van der Waals surface area contributed by atoms with Gasteiger partial charge in [-0.25, -0.2) is 0 Å². The van der Waals surface area contributed by atoms with Gasteiger partial charge in [-0.1, -0.05) is 6.07 Å². The highest BCUT2D eigenvalue weighted by molar-refractivity contribution is 5.88. The zero-order valence-electron chi connectivity index (χ0n) is 12.3. The molecule has 22 heavy (non-hydrogen) atoms. The summed E-state index contributed by atoms with van der Waals surface area (Å²) in [5.74, 6) is 0.0138. The number of hydrogen-bond donors (Lipinski definition) is 1. The quantitative estimate of drug-likeness (QED) is 0.864. The van der Waals surface area contributed by atoms with E-state index in [0.29, 0.717) is 18.4 Å². The van der Waals surface area contributed by atoms with Gasteiger partial charge in [0.2, 0.25) is 5.91 Å². The van der Waals surface area contributed by atoms with Crippen molar-refractivity contribution in [2.24, 2.45) is 5.73 Å². The second-order valence-corrected chi connectivity index (χ2v) is 5.18. The predicted octanol–water partition coefficient (Wildman–Crippen LogP) is 2.17. The molecule has 1 amide bonds. The molecule has 5 nitrogen and oxygen atoms in total. The molecule has 0 atom stereocenters. The minimum Gasteiger partial charge on any atom is -0.493 e. The fourth-order valence-corrected chi connectivity index (χ4v) is 2.08. The van der Waals surface area contributed by atoms with E-state index in [0.717, 1.165) is 0 Å². The molecule has 0 aromatic heterocycles. The van der Waals surface area contributed by atoms with Gasteiger partial charge in [0, 0.05) is 13.6 Å². The molecule has 0 aliphatic heterocycles. The number of ether oxygens (including phenoxy) is 2. The number of benzene rings is 1. The highest BCUT2D eigenvalue weighted by Crippen LogP contribution is 2.35. The normalized spacial score (nSPS) is 15.0. The van der Waals surface area contributed by atoms with Gasteiger partial charge < -0.3 is 20.1 Å². The van der Waals surface area contributed by atoms with E-state index >= 15 is 0 Å². The van der Waals surface area contributed by atoms with E-state index in [-0.39, 0.29) is 36.4 Å². The third-order valence-corrected chi connectivity index (χ3v) is 3.43. The Kier molecular flexibility index (Phi) is 5.96. The van der Waals surface area contributed by atoms with Crippen molar-refractivity contribution in [1.29, 1.82) is 0 Å². The van der Waals surface area contributed by atoms with Gasteiger partial charge in [0.25, 0.3) is 0 Å². The first-order chi connectivity index (χ1) is 9.85. The molecule has 1 fully saturated rings. The molecule has 0 bridgehead atoms. The standard InChI is InChI=1S/C14H18F2N2O3.ClH/c1-18(12(19)14(17)5-6-14)8-9-3-4-10(20-2)11(7-9)21-13(15)16;/h3-4,7,13H,5-6,8,17H2,1-2H3;1H. The van der Waals surface area contributed by atoms with Crippen LogP contribution in [0.1, 0.15) is 18.4 Å². The molecule has 1 aliphatic rings. The minimum atomic E-state index is -2.94. The number of amides is 1. The third kappa shape index (κ3) is 4.20. The van der Waals surface area contributed by atoms with E-state index in [9.17, 15) is 13.6 Å². The topological polar surface area (TPSA) is 64.8 Å². The van der Waals surface area contributed by atoms with E-state index in [1.165, 1.54) is 24.1 Å². The van der Waals surface area contributed by atoms with E-state index in [2.05, 4.69) is 4.74 Å². The Morgan fingerprint density at radius 2 is 2.05 bits per heavy atom. The molecule has 8 heteroatoms. The fourth-order valence-electron chi connectivity index (χ4n) is 2.08. The Bertz CT molecular complexity index is 539. The molecule has 2 N–H and O–H groups in total. The molecule has 0 saturated heterocycles. The van der Waals surface area contributed by atoms with Crippen molar-refractivity contribution in [1.82, 2.24) is 4.90 Å². The van der Waals surface area contributed by atoms with Crippen molar-refractivity contribution in [3.05, 3.63) is 23.8 Å². The second kappa shape index (κ2) is 7.11. The molecule has 0 heterocycles. The predicted molar refractivity (Wildman–Crippen MR) is 79.5 cm³/mol. The zero-order valence-corrected chi connectivity index (χ0v) is 13.2. The number of alkyl halides is 2. The lowest BCUT2D eigenvalue weighted by Gasteiger charge is -2.21. The highest BCUT2D eigenvalue weighted by Gasteiger charge is 2.47. The molecule has 0 radical (unpaired) electrons. The summed E-state index contributed by atoms with van der Waals surface area (Å²) < 4.78 is 34.1. The van der Waals surface area contributed by atoms with Gasteiger partial charge in [-0.05, 0) is 30.5 Å². The number of carbonyl (C=O) groups excluding carboxylic acids is 1. The number of halogens is 3. The number of likely N-dealkylation sites (N-methyl/N-ethyl adjacent to an activating group) is 1. The molecule has 0 unspecified atom stereocenters. The summed E-state index contributed by atoms with van der Waals surface area (Å²) in [4.78, 5) is 13.5. The van der Waals surface area contributed by atoms with Crippen LogP contribution in [0.3, 0.4) is 0 Å². The maximum Gasteiger partial charge on any atom is 0.387 e. The van der Waals surface area contributed by atoms with Crippen molar-refractivity contribution in [3.8, 4) is 11.5 Å². The van der Waals surface area contributed by atoms with Crippen LogP contribution in [-0.2, 0) is 11.3 Å². The van der Waals surface area contributed by atoms with Gasteiger partial charge in [0.1, 0.15) is 0 Å². The van der Waals surface area contributed by atoms with E-state index in [4.69, 9.17) is 10.5 Å². The average molecular weight is 337 g/mol. The number of methoxy groups -OCH3 is 1. The van der Waals surface area contributed by atoms with Crippen LogP contribution in [0, 0.1) is 0 Å². The van der Waals surface area contributed by atoms with Crippen LogP contribution in [0.15, 0.2) is 18.2 Å². The van der Waals surface area contributed by atoms with Gasteiger partial charge in [0.15, 0.2) is 11.5 Å². The molecule has 2 rings (SSSR count). The molecule has 1 aliphatic carbocycles. The first-order valence-electron chi connectivity index (χ1n) is 6.52. The summed E-state index contributed by atoms with van der Waals surface area (Å²) in [6.45, 7) is -2.67. The molecule has 1 aromatic rings. The monoisotopic (exact) mass is 336 g/mol. The molecule has 0 spiro atoms. The molecule has 124 valence electrons. The SMILES string of the molecule is COc1ccc(CN(C)C(=O)C2(N)CC2)cc1OC(F)F.Cl. The van der Waals surface area contributed by atoms with Crippen molar-refractivity contribution in [2.45, 2.75) is 31.5 Å². The number of hydrogen-bond acceptors (Lipinski definition) is 4. The number of nitrogens with two attached hydrogens (primary N) is 1. The van der Waals surface area contributed by atoms with Crippen LogP contribution >= 0.6 is 12.4 Å². The zero-order chi connectivity index (χ0) is 15.6. The summed E-state index contributed by atoms with van der Waals surface area (Å²) >= 11 is 0. The third-order valence-electron chi connectivity index (χ3n) is 3.43. The van der Waals surface area contributed by atoms with Gasteiger partial charge in [-0.15, -0.1) is 12.4 Å². The summed E-state index contributed by atoms with van der Waals surface area (Å²) in [5, 5.41) is 0. The van der Waals surface area contributed by atoms with Gasteiger partial charge in [-0.3, -0.25) is 4.79 Å². The summed E-state index contributed by atoms with van der Waals surface area (Å²) in [6, 6.07) is 4.66. The molecule has 1 saturated carbocycles. The van der Waals surface area contributed by atoms with Crippen LogP contribution in [0.4, 0.5) is 8.78 Å². The Balaban J connectivity index is 0.00000242. The summed E-state index contributed by atoms with van der Waals surface area (Å²) in [7, 11) is 3.00. The van der Waals surface area contributed by atoms with Gasteiger partial charge in [0.05, 0.1) is 12.6 Å². The van der Waals surface area contributed by atoms with Crippen LogP contribution < -0.4 is 15.2 Å². The lowest BCUT2D eigenvalue weighted by atomic mass is 10.1. The van der Waals surface area contributed by atoms with Gasteiger partial charge in [-0.2, -0.15) is 8.78 Å². The van der Waals surface area contributed by atoms with Crippen LogP contribution in [0.5, 0.6) is 11.5 Å². The molecular formula is C14H19ClF2N2O3. The average Bonchev–Trinajstić information content (AvgIpc) is 3.17. The summed E-state index contributed by atoms with van der Waals surface area (Å²) in [6.07, 6.45) is 1.36. The van der Waals surface area contributed by atoms with Crippen molar-refractivity contribution in [2.75, 3.05) is 14.2 Å².